The molecule has 15 heavy (non-hydrogen) atoms. The van der Waals surface area contributed by atoms with Gasteiger partial charge in [0.2, 0.25) is 0 Å². The molecule has 2 heteroatoms. The van der Waals surface area contributed by atoms with E-state index in [1.807, 2.05) is 6.92 Å². The Morgan fingerprint density at radius 3 is 2.93 bits per heavy atom. The Bertz CT molecular complexity index is 352. The molecule has 0 aliphatic carbocycles. The second-order valence-corrected chi connectivity index (χ2v) is 3.30. The summed E-state index contributed by atoms with van der Waals surface area (Å²) in [6, 6.07) is 4.56. The van der Waals surface area contributed by atoms with Crippen molar-refractivity contribution in [2.75, 3.05) is 6.61 Å². The van der Waals surface area contributed by atoms with E-state index in [9.17, 15) is 4.39 Å². The standard InChI is InChI=1S/C13H15FO/c1-3-5-6-11-10-12(14)7-8-13(11)15-9-4-2/h1,7-8,10H,4-6,9H2,2H3. The van der Waals surface area contributed by atoms with E-state index in [2.05, 4.69) is 5.92 Å². The Kier molecular flexibility index (Phi) is 4.70. The van der Waals surface area contributed by atoms with Gasteiger partial charge in [-0.1, -0.05) is 6.92 Å². The summed E-state index contributed by atoms with van der Waals surface area (Å²) in [5.74, 6) is 3.04. The van der Waals surface area contributed by atoms with Crippen LogP contribution in [0.4, 0.5) is 4.39 Å². The molecule has 0 saturated carbocycles. The molecule has 80 valence electrons. The van der Waals surface area contributed by atoms with Crippen molar-refractivity contribution in [1.29, 1.82) is 0 Å². The maximum absolute atomic E-state index is 13.0. The Morgan fingerprint density at radius 1 is 1.47 bits per heavy atom. The smallest absolute Gasteiger partial charge is 0.123 e. The van der Waals surface area contributed by atoms with Crippen LogP contribution in [0.2, 0.25) is 0 Å². The molecule has 0 saturated heterocycles. The Morgan fingerprint density at radius 2 is 2.27 bits per heavy atom. The average Bonchev–Trinajstić information content (AvgIpc) is 2.25. The van der Waals surface area contributed by atoms with Crippen LogP contribution < -0.4 is 4.74 Å². The van der Waals surface area contributed by atoms with Crippen molar-refractivity contribution < 1.29 is 9.13 Å². The van der Waals surface area contributed by atoms with E-state index < -0.39 is 0 Å². The second kappa shape index (κ2) is 6.08. The molecule has 1 aromatic rings. The summed E-state index contributed by atoms with van der Waals surface area (Å²) in [6.45, 7) is 2.68. The highest BCUT2D eigenvalue weighted by molar-refractivity contribution is 5.34. The molecular formula is C13H15FO. The van der Waals surface area contributed by atoms with Crippen molar-refractivity contribution in [2.24, 2.45) is 0 Å². The Labute approximate surface area is 90.3 Å². The number of ether oxygens (including phenoxy) is 1. The van der Waals surface area contributed by atoms with Gasteiger partial charge in [-0.3, -0.25) is 0 Å². The van der Waals surface area contributed by atoms with Crippen LogP contribution in [-0.4, -0.2) is 6.61 Å². The number of halogens is 1. The number of benzene rings is 1. The van der Waals surface area contributed by atoms with Gasteiger partial charge in [-0.2, -0.15) is 0 Å². The summed E-state index contributed by atoms with van der Waals surface area (Å²) in [5, 5.41) is 0. The van der Waals surface area contributed by atoms with Gasteiger partial charge in [0.15, 0.2) is 0 Å². The fourth-order valence-electron chi connectivity index (χ4n) is 1.30. The summed E-state index contributed by atoms with van der Waals surface area (Å²) in [7, 11) is 0. The van der Waals surface area contributed by atoms with Crippen LogP contribution in [0, 0.1) is 18.2 Å². The van der Waals surface area contributed by atoms with E-state index in [4.69, 9.17) is 11.2 Å². The third-order valence-corrected chi connectivity index (χ3v) is 2.02. The highest BCUT2D eigenvalue weighted by Gasteiger charge is 2.04. The van der Waals surface area contributed by atoms with Gasteiger partial charge < -0.3 is 4.74 Å². The van der Waals surface area contributed by atoms with Crippen molar-refractivity contribution in [2.45, 2.75) is 26.2 Å². The van der Waals surface area contributed by atoms with Crippen LogP contribution in [0.15, 0.2) is 18.2 Å². The molecule has 0 N–H and O–H groups in total. The van der Waals surface area contributed by atoms with Crippen molar-refractivity contribution >= 4 is 0 Å². The zero-order valence-electron chi connectivity index (χ0n) is 8.92. The highest BCUT2D eigenvalue weighted by atomic mass is 19.1. The zero-order valence-corrected chi connectivity index (χ0v) is 8.92. The van der Waals surface area contributed by atoms with E-state index in [1.165, 1.54) is 12.1 Å². The number of aryl methyl sites for hydroxylation is 1. The van der Waals surface area contributed by atoms with Crippen LogP contribution in [0.5, 0.6) is 5.75 Å². The van der Waals surface area contributed by atoms with Crippen molar-refractivity contribution in [1.82, 2.24) is 0 Å². The van der Waals surface area contributed by atoms with Crippen molar-refractivity contribution in [3.63, 3.8) is 0 Å². The molecule has 1 aromatic carbocycles. The summed E-state index contributed by atoms with van der Waals surface area (Å²) >= 11 is 0. The van der Waals surface area contributed by atoms with Crippen LogP contribution in [0.25, 0.3) is 0 Å². The van der Waals surface area contributed by atoms with Crippen molar-refractivity contribution in [3.05, 3.63) is 29.6 Å². The predicted molar refractivity (Wildman–Crippen MR) is 59.3 cm³/mol. The maximum atomic E-state index is 13.0. The highest BCUT2D eigenvalue weighted by Crippen LogP contribution is 2.21. The van der Waals surface area contributed by atoms with Crippen LogP contribution in [0.3, 0.4) is 0 Å². The predicted octanol–water partition coefficient (Wildman–Crippen LogP) is 3.18. The van der Waals surface area contributed by atoms with Gasteiger partial charge in [0, 0.05) is 6.42 Å². The van der Waals surface area contributed by atoms with E-state index in [0.29, 0.717) is 19.4 Å². The summed E-state index contributed by atoms with van der Waals surface area (Å²) in [6.07, 6.45) is 7.38. The van der Waals surface area contributed by atoms with Crippen LogP contribution in [0.1, 0.15) is 25.3 Å². The number of hydrogen-bond acceptors (Lipinski definition) is 1. The average molecular weight is 206 g/mol. The minimum atomic E-state index is -0.245. The molecule has 0 fully saturated rings. The number of hydrogen-bond donors (Lipinski definition) is 0. The first-order valence-corrected chi connectivity index (χ1v) is 5.12. The molecule has 0 atom stereocenters. The van der Waals surface area contributed by atoms with Crippen molar-refractivity contribution in [3.8, 4) is 18.1 Å². The third kappa shape index (κ3) is 3.63. The van der Waals surface area contributed by atoms with E-state index >= 15 is 0 Å². The largest absolute Gasteiger partial charge is 0.493 e. The van der Waals surface area contributed by atoms with E-state index in [-0.39, 0.29) is 5.82 Å². The first kappa shape index (κ1) is 11.6. The fraction of sp³-hybridized carbons (Fsp3) is 0.385. The van der Waals surface area contributed by atoms with Gasteiger partial charge in [0.05, 0.1) is 6.61 Å². The van der Waals surface area contributed by atoms with Crippen LogP contribution in [-0.2, 0) is 6.42 Å². The van der Waals surface area contributed by atoms with Gasteiger partial charge in [-0.05, 0) is 36.6 Å². The lowest BCUT2D eigenvalue weighted by atomic mass is 10.1. The third-order valence-electron chi connectivity index (χ3n) is 2.02. The lowest BCUT2D eigenvalue weighted by Crippen LogP contribution is -1.99. The second-order valence-electron chi connectivity index (χ2n) is 3.30. The maximum Gasteiger partial charge on any atom is 0.123 e. The first-order valence-electron chi connectivity index (χ1n) is 5.12. The van der Waals surface area contributed by atoms with Gasteiger partial charge in [-0.15, -0.1) is 12.3 Å². The minimum Gasteiger partial charge on any atom is -0.493 e. The van der Waals surface area contributed by atoms with Gasteiger partial charge >= 0.3 is 0 Å². The molecule has 0 radical (unpaired) electrons. The molecule has 0 heterocycles. The van der Waals surface area contributed by atoms with E-state index in [1.54, 1.807) is 6.07 Å². The number of terminal acetylenes is 1. The SMILES string of the molecule is C#CCCc1cc(F)ccc1OCCC. The lowest BCUT2D eigenvalue weighted by Gasteiger charge is -2.09. The molecular weight excluding hydrogens is 191 g/mol. The zero-order chi connectivity index (χ0) is 11.1. The quantitative estimate of drug-likeness (QED) is 0.672. The molecule has 1 nitrogen and oxygen atoms in total. The molecule has 0 aliphatic heterocycles. The topological polar surface area (TPSA) is 9.23 Å². The monoisotopic (exact) mass is 206 g/mol. The lowest BCUT2D eigenvalue weighted by molar-refractivity contribution is 0.313. The Hall–Kier alpha value is -1.49. The van der Waals surface area contributed by atoms with Gasteiger partial charge in [0.25, 0.3) is 0 Å². The van der Waals surface area contributed by atoms with Crippen LogP contribution >= 0.6 is 0 Å². The molecule has 0 aromatic heterocycles. The molecule has 0 bridgehead atoms. The molecule has 0 spiro atoms. The molecule has 0 unspecified atom stereocenters. The molecule has 1 rings (SSSR count). The normalized spacial score (nSPS) is 9.67. The molecule has 0 aliphatic rings. The summed E-state index contributed by atoms with van der Waals surface area (Å²) in [4.78, 5) is 0. The summed E-state index contributed by atoms with van der Waals surface area (Å²) in [5.41, 5.74) is 0.849. The van der Waals surface area contributed by atoms with Gasteiger partial charge in [-0.25, -0.2) is 4.39 Å². The minimum absolute atomic E-state index is 0.245. The number of rotatable bonds is 5. The molecule has 0 amide bonds. The fourth-order valence-corrected chi connectivity index (χ4v) is 1.30. The van der Waals surface area contributed by atoms with Gasteiger partial charge in [0.1, 0.15) is 11.6 Å². The first-order chi connectivity index (χ1) is 7.27. The Balaban J connectivity index is 2.78. The summed E-state index contributed by atoms with van der Waals surface area (Å²) < 4.78 is 18.5. The van der Waals surface area contributed by atoms with E-state index in [0.717, 1.165) is 17.7 Å².